The SMILES string of the molecule is CC(C)c1ccc(-c2noc([C@@H](N)C(C)C)n2)cc1. The molecule has 1 aromatic carbocycles. The van der Waals surface area contributed by atoms with Gasteiger partial charge in [-0.3, -0.25) is 0 Å². The van der Waals surface area contributed by atoms with Crippen LogP contribution in [0.15, 0.2) is 28.8 Å². The zero-order valence-corrected chi connectivity index (χ0v) is 11.9. The van der Waals surface area contributed by atoms with E-state index in [0.29, 0.717) is 17.6 Å². The van der Waals surface area contributed by atoms with E-state index in [2.05, 4.69) is 36.1 Å². The van der Waals surface area contributed by atoms with Gasteiger partial charge in [0.2, 0.25) is 11.7 Å². The van der Waals surface area contributed by atoms with E-state index in [1.54, 1.807) is 0 Å². The third-order valence-electron chi connectivity index (χ3n) is 3.28. The number of benzene rings is 1. The quantitative estimate of drug-likeness (QED) is 0.912. The van der Waals surface area contributed by atoms with Crippen LogP contribution in [0.1, 0.15) is 51.1 Å². The molecule has 4 nitrogen and oxygen atoms in total. The summed E-state index contributed by atoms with van der Waals surface area (Å²) in [6.07, 6.45) is 0. The van der Waals surface area contributed by atoms with Crippen LogP contribution in [0.2, 0.25) is 0 Å². The second kappa shape index (κ2) is 5.53. The van der Waals surface area contributed by atoms with E-state index in [1.165, 1.54) is 5.56 Å². The summed E-state index contributed by atoms with van der Waals surface area (Å²) in [4.78, 5) is 4.37. The summed E-state index contributed by atoms with van der Waals surface area (Å²) in [5.74, 6) is 1.89. The van der Waals surface area contributed by atoms with Crippen molar-refractivity contribution in [3.8, 4) is 11.4 Å². The van der Waals surface area contributed by atoms with Gasteiger partial charge in [0.25, 0.3) is 0 Å². The molecule has 0 aliphatic rings. The van der Waals surface area contributed by atoms with Crippen LogP contribution in [0.3, 0.4) is 0 Å². The Morgan fingerprint density at radius 1 is 1.05 bits per heavy atom. The van der Waals surface area contributed by atoms with Gasteiger partial charge < -0.3 is 10.3 Å². The van der Waals surface area contributed by atoms with Gasteiger partial charge in [0.15, 0.2) is 0 Å². The van der Waals surface area contributed by atoms with Crippen molar-refractivity contribution in [1.82, 2.24) is 10.1 Å². The number of rotatable bonds is 4. The Hall–Kier alpha value is -1.68. The highest BCUT2D eigenvalue weighted by Crippen LogP contribution is 2.23. The van der Waals surface area contributed by atoms with E-state index >= 15 is 0 Å². The topological polar surface area (TPSA) is 64.9 Å². The summed E-state index contributed by atoms with van der Waals surface area (Å²) in [6.45, 7) is 8.41. The molecule has 0 saturated heterocycles. The Morgan fingerprint density at radius 3 is 2.21 bits per heavy atom. The minimum Gasteiger partial charge on any atom is -0.337 e. The summed E-state index contributed by atoms with van der Waals surface area (Å²) < 4.78 is 5.23. The van der Waals surface area contributed by atoms with Crippen LogP contribution in [0, 0.1) is 5.92 Å². The third kappa shape index (κ3) is 3.01. The first-order valence-electron chi connectivity index (χ1n) is 6.68. The van der Waals surface area contributed by atoms with Crippen molar-refractivity contribution in [2.24, 2.45) is 11.7 Å². The lowest BCUT2D eigenvalue weighted by Crippen LogP contribution is -2.16. The van der Waals surface area contributed by atoms with Gasteiger partial charge in [0, 0.05) is 5.56 Å². The first kappa shape index (κ1) is 13.7. The number of hydrogen-bond acceptors (Lipinski definition) is 4. The van der Waals surface area contributed by atoms with Crippen molar-refractivity contribution in [2.45, 2.75) is 39.7 Å². The van der Waals surface area contributed by atoms with Crippen LogP contribution in [0.5, 0.6) is 0 Å². The highest BCUT2D eigenvalue weighted by atomic mass is 16.5. The maximum Gasteiger partial charge on any atom is 0.244 e. The van der Waals surface area contributed by atoms with E-state index in [-0.39, 0.29) is 12.0 Å². The van der Waals surface area contributed by atoms with Crippen molar-refractivity contribution in [1.29, 1.82) is 0 Å². The molecular weight excluding hydrogens is 238 g/mol. The van der Waals surface area contributed by atoms with Crippen molar-refractivity contribution in [2.75, 3.05) is 0 Å². The van der Waals surface area contributed by atoms with Crippen molar-refractivity contribution in [3.05, 3.63) is 35.7 Å². The second-order valence-corrected chi connectivity index (χ2v) is 5.50. The number of nitrogens with two attached hydrogens (primary N) is 1. The third-order valence-corrected chi connectivity index (χ3v) is 3.28. The van der Waals surface area contributed by atoms with Crippen LogP contribution in [0.25, 0.3) is 11.4 Å². The number of nitrogens with zero attached hydrogens (tertiary/aromatic N) is 2. The number of hydrogen-bond donors (Lipinski definition) is 1. The summed E-state index contributed by atoms with van der Waals surface area (Å²) in [5.41, 5.74) is 8.25. The minimum atomic E-state index is -0.212. The predicted octanol–water partition coefficient (Wildman–Crippen LogP) is 3.52. The molecule has 0 aliphatic heterocycles. The van der Waals surface area contributed by atoms with E-state index in [9.17, 15) is 0 Å². The maximum atomic E-state index is 6.00. The maximum absolute atomic E-state index is 6.00. The second-order valence-electron chi connectivity index (χ2n) is 5.50. The van der Waals surface area contributed by atoms with E-state index < -0.39 is 0 Å². The Bertz CT molecular complexity index is 529. The molecule has 0 radical (unpaired) electrons. The normalized spacial score (nSPS) is 13.2. The monoisotopic (exact) mass is 259 g/mol. The molecule has 2 N–H and O–H groups in total. The van der Waals surface area contributed by atoms with Gasteiger partial charge in [-0.2, -0.15) is 4.98 Å². The van der Waals surface area contributed by atoms with Gasteiger partial charge in [-0.25, -0.2) is 0 Å². The van der Waals surface area contributed by atoms with Gasteiger partial charge in [-0.05, 0) is 17.4 Å². The lowest BCUT2D eigenvalue weighted by molar-refractivity contribution is 0.325. The molecule has 1 heterocycles. The molecule has 19 heavy (non-hydrogen) atoms. The molecule has 1 atom stereocenters. The summed E-state index contributed by atoms with van der Waals surface area (Å²) in [5, 5.41) is 4.00. The highest BCUT2D eigenvalue weighted by Gasteiger charge is 2.18. The fourth-order valence-corrected chi connectivity index (χ4v) is 1.79. The summed E-state index contributed by atoms with van der Waals surface area (Å²) >= 11 is 0. The van der Waals surface area contributed by atoms with Crippen molar-refractivity contribution < 1.29 is 4.52 Å². The van der Waals surface area contributed by atoms with Crippen molar-refractivity contribution in [3.63, 3.8) is 0 Å². The van der Waals surface area contributed by atoms with Gasteiger partial charge in [0.1, 0.15) is 0 Å². The molecule has 0 unspecified atom stereocenters. The molecule has 4 heteroatoms. The predicted molar refractivity (Wildman–Crippen MR) is 75.6 cm³/mol. The minimum absolute atomic E-state index is 0.212. The fraction of sp³-hybridized carbons (Fsp3) is 0.467. The molecule has 0 aliphatic carbocycles. The zero-order valence-electron chi connectivity index (χ0n) is 11.9. The molecule has 2 aromatic rings. The Balaban J connectivity index is 2.23. The molecule has 0 saturated carbocycles. The average molecular weight is 259 g/mol. The molecule has 0 fully saturated rings. The lowest BCUT2D eigenvalue weighted by atomic mass is 10.0. The highest BCUT2D eigenvalue weighted by molar-refractivity contribution is 5.54. The van der Waals surface area contributed by atoms with Crippen LogP contribution >= 0.6 is 0 Å². The molecule has 0 bridgehead atoms. The van der Waals surface area contributed by atoms with Crippen LogP contribution in [-0.2, 0) is 0 Å². The van der Waals surface area contributed by atoms with Gasteiger partial charge in [-0.15, -0.1) is 0 Å². The van der Waals surface area contributed by atoms with E-state index in [4.69, 9.17) is 10.3 Å². The van der Waals surface area contributed by atoms with E-state index in [1.807, 2.05) is 26.0 Å². The Labute approximate surface area is 114 Å². The van der Waals surface area contributed by atoms with Crippen LogP contribution in [-0.4, -0.2) is 10.1 Å². The largest absolute Gasteiger partial charge is 0.337 e. The van der Waals surface area contributed by atoms with Crippen LogP contribution < -0.4 is 5.73 Å². The molecule has 0 amide bonds. The smallest absolute Gasteiger partial charge is 0.244 e. The zero-order chi connectivity index (χ0) is 14.0. The summed E-state index contributed by atoms with van der Waals surface area (Å²) in [6, 6.07) is 8.02. The van der Waals surface area contributed by atoms with Crippen LogP contribution in [0.4, 0.5) is 0 Å². The average Bonchev–Trinajstić information content (AvgIpc) is 2.87. The van der Waals surface area contributed by atoms with Gasteiger partial charge >= 0.3 is 0 Å². The fourth-order valence-electron chi connectivity index (χ4n) is 1.79. The van der Waals surface area contributed by atoms with Gasteiger partial charge in [0.05, 0.1) is 6.04 Å². The Kier molecular flexibility index (Phi) is 4.00. The molecule has 1 aromatic heterocycles. The Morgan fingerprint density at radius 2 is 1.68 bits per heavy atom. The molecule has 0 spiro atoms. The standard InChI is InChI=1S/C15H21N3O/c1-9(2)11-5-7-12(8-6-11)14-17-15(19-18-14)13(16)10(3)4/h5-10,13H,16H2,1-4H3/t13-/m0/s1. The van der Waals surface area contributed by atoms with E-state index in [0.717, 1.165) is 5.56 Å². The molecule has 2 rings (SSSR count). The number of aromatic nitrogens is 2. The van der Waals surface area contributed by atoms with Gasteiger partial charge in [-0.1, -0.05) is 57.1 Å². The van der Waals surface area contributed by atoms with Crippen molar-refractivity contribution >= 4 is 0 Å². The molecule has 102 valence electrons. The summed E-state index contributed by atoms with van der Waals surface area (Å²) in [7, 11) is 0. The first-order chi connectivity index (χ1) is 8.99. The lowest BCUT2D eigenvalue weighted by Gasteiger charge is -2.09. The first-order valence-corrected chi connectivity index (χ1v) is 6.68. The molecular formula is C15H21N3O.